The van der Waals surface area contributed by atoms with Crippen LogP contribution in [0.5, 0.6) is 0 Å². The number of hydrogen-bond acceptors (Lipinski definition) is 4. The Bertz CT molecular complexity index is 737. The van der Waals surface area contributed by atoms with E-state index in [2.05, 4.69) is 46.2 Å². The first-order valence-corrected chi connectivity index (χ1v) is 10.9. The Kier molecular flexibility index (Phi) is 7.63. The van der Waals surface area contributed by atoms with Crippen LogP contribution >= 0.6 is 0 Å². The molecule has 0 radical (unpaired) electrons. The summed E-state index contributed by atoms with van der Waals surface area (Å²) in [6, 6.07) is 8.89. The number of nitrogens with one attached hydrogen (secondary N) is 1. The largest absolute Gasteiger partial charge is 0.357 e. The van der Waals surface area contributed by atoms with E-state index in [4.69, 9.17) is 9.93 Å². The fourth-order valence-electron chi connectivity index (χ4n) is 4.08. The summed E-state index contributed by atoms with van der Waals surface area (Å²) in [7, 11) is 0. The molecule has 1 saturated heterocycles. The van der Waals surface area contributed by atoms with E-state index in [-0.39, 0.29) is 0 Å². The molecule has 2 heterocycles. The molecule has 1 aliphatic rings. The zero-order valence-electron chi connectivity index (χ0n) is 17.4. The number of unbranched alkanes of at least 4 members (excludes halogenated alkanes) is 5. The number of nitrogens with zero attached hydrogens (tertiary/aromatic N) is 3. The number of aryl methyl sites for hydroxylation is 1. The quantitative estimate of drug-likeness (QED) is 0.328. The lowest BCUT2D eigenvalue weighted by molar-refractivity contribution is 0.321. The second kappa shape index (κ2) is 10.4. The summed E-state index contributed by atoms with van der Waals surface area (Å²) in [5.74, 6) is 1.96. The van der Waals surface area contributed by atoms with Gasteiger partial charge in [-0.15, -0.1) is 0 Å². The van der Waals surface area contributed by atoms with Crippen LogP contribution in [0.15, 0.2) is 28.8 Å². The van der Waals surface area contributed by atoms with Gasteiger partial charge in [0.25, 0.3) is 0 Å². The van der Waals surface area contributed by atoms with E-state index >= 15 is 0 Å². The highest BCUT2D eigenvalue weighted by molar-refractivity contribution is 5.76. The van der Waals surface area contributed by atoms with Crippen LogP contribution in [0.1, 0.15) is 76.7 Å². The van der Waals surface area contributed by atoms with Crippen molar-refractivity contribution in [2.75, 3.05) is 6.54 Å². The molecular formula is C23H34N4O. The second-order valence-corrected chi connectivity index (χ2v) is 8.01. The highest BCUT2D eigenvalue weighted by Gasteiger charge is 2.27. The third kappa shape index (κ3) is 5.66. The molecule has 0 aliphatic carbocycles. The normalized spacial score (nSPS) is 16.6. The fraction of sp³-hybridized carbons (Fsp3) is 0.609. The second-order valence-electron chi connectivity index (χ2n) is 8.01. The van der Waals surface area contributed by atoms with Crippen LogP contribution in [-0.2, 0) is 12.8 Å². The fourth-order valence-corrected chi connectivity index (χ4v) is 4.08. The van der Waals surface area contributed by atoms with Crippen molar-refractivity contribution in [2.45, 2.75) is 84.1 Å². The lowest BCUT2D eigenvalue weighted by atomic mass is 10.0. The van der Waals surface area contributed by atoms with Gasteiger partial charge in [0.1, 0.15) is 0 Å². The van der Waals surface area contributed by atoms with E-state index in [9.17, 15) is 0 Å². The van der Waals surface area contributed by atoms with Crippen LogP contribution < -0.4 is 0 Å². The van der Waals surface area contributed by atoms with Gasteiger partial charge in [-0.3, -0.25) is 5.41 Å². The molecule has 28 heavy (non-hydrogen) atoms. The summed E-state index contributed by atoms with van der Waals surface area (Å²) in [4.78, 5) is 6.74. The molecule has 3 rings (SSSR count). The minimum absolute atomic E-state index is 0.311. The predicted molar refractivity (Wildman–Crippen MR) is 114 cm³/mol. The number of benzene rings is 1. The van der Waals surface area contributed by atoms with Crippen molar-refractivity contribution in [3.8, 4) is 11.4 Å². The maximum Gasteiger partial charge on any atom is 0.229 e. The molecule has 2 aromatic rings. The topological polar surface area (TPSA) is 66.0 Å². The smallest absolute Gasteiger partial charge is 0.229 e. The summed E-state index contributed by atoms with van der Waals surface area (Å²) in [5.41, 5.74) is 2.39. The third-order valence-corrected chi connectivity index (χ3v) is 5.72. The van der Waals surface area contributed by atoms with E-state index in [1.54, 1.807) is 0 Å². The van der Waals surface area contributed by atoms with Crippen LogP contribution in [-0.4, -0.2) is 33.5 Å². The molecule has 1 aromatic heterocycles. The Morgan fingerprint density at radius 1 is 1.14 bits per heavy atom. The van der Waals surface area contributed by atoms with E-state index in [1.165, 1.54) is 44.1 Å². The van der Waals surface area contributed by atoms with Crippen molar-refractivity contribution in [3.63, 3.8) is 0 Å². The van der Waals surface area contributed by atoms with Gasteiger partial charge in [-0.1, -0.05) is 68.4 Å². The van der Waals surface area contributed by atoms with Crippen molar-refractivity contribution in [1.29, 1.82) is 5.41 Å². The Balaban J connectivity index is 1.50. The average molecular weight is 383 g/mol. The molecule has 1 atom stereocenters. The molecule has 5 nitrogen and oxygen atoms in total. The van der Waals surface area contributed by atoms with Crippen molar-refractivity contribution < 1.29 is 4.52 Å². The Hall–Kier alpha value is -2.17. The molecule has 1 fully saturated rings. The molecule has 1 aromatic carbocycles. The van der Waals surface area contributed by atoms with Gasteiger partial charge in [0, 0.05) is 24.6 Å². The van der Waals surface area contributed by atoms with E-state index in [0.717, 1.165) is 37.8 Å². The SMILES string of the molecule is CCCCCCCCc1ccc(-c2noc(C[C@@H]3CCCN3C(C)=N)n2)cc1. The van der Waals surface area contributed by atoms with Crippen LogP contribution in [0.3, 0.4) is 0 Å². The van der Waals surface area contributed by atoms with Crippen molar-refractivity contribution in [1.82, 2.24) is 15.0 Å². The molecule has 0 unspecified atom stereocenters. The zero-order valence-corrected chi connectivity index (χ0v) is 17.4. The van der Waals surface area contributed by atoms with Crippen molar-refractivity contribution in [3.05, 3.63) is 35.7 Å². The number of amidine groups is 1. The van der Waals surface area contributed by atoms with Crippen molar-refractivity contribution >= 4 is 5.84 Å². The minimum Gasteiger partial charge on any atom is -0.357 e. The molecule has 1 N–H and O–H groups in total. The van der Waals surface area contributed by atoms with Crippen LogP contribution in [0, 0.1) is 5.41 Å². The van der Waals surface area contributed by atoms with Gasteiger partial charge in [-0.05, 0) is 38.2 Å². The standard InChI is InChI=1S/C23H34N4O/c1-3-4-5-6-7-8-10-19-12-14-20(15-13-19)23-25-22(28-26-23)17-21-11-9-16-27(21)18(2)24/h12-15,21,24H,3-11,16-17H2,1-2H3/t21-/m0/s1. The van der Waals surface area contributed by atoms with Gasteiger partial charge in [0.2, 0.25) is 11.7 Å². The number of hydrogen-bond donors (Lipinski definition) is 1. The molecule has 0 bridgehead atoms. The van der Waals surface area contributed by atoms with Crippen LogP contribution in [0.25, 0.3) is 11.4 Å². The average Bonchev–Trinajstić information content (AvgIpc) is 3.35. The zero-order chi connectivity index (χ0) is 19.8. The third-order valence-electron chi connectivity index (χ3n) is 5.72. The van der Waals surface area contributed by atoms with Gasteiger partial charge >= 0.3 is 0 Å². The predicted octanol–water partition coefficient (Wildman–Crippen LogP) is 5.64. The van der Waals surface area contributed by atoms with Gasteiger partial charge in [0.15, 0.2) is 0 Å². The van der Waals surface area contributed by atoms with E-state index in [1.807, 2.05) is 6.92 Å². The first kappa shape index (κ1) is 20.6. The number of likely N-dealkylation sites (tertiary alicyclic amines) is 1. The van der Waals surface area contributed by atoms with E-state index < -0.39 is 0 Å². The first-order valence-electron chi connectivity index (χ1n) is 10.9. The lowest BCUT2D eigenvalue weighted by Gasteiger charge is -2.23. The van der Waals surface area contributed by atoms with Gasteiger partial charge in [0.05, 0.1) is 5.84 Å². The Labute approximate surface area is 169 Å². The summed E-state index contributed by atoms with van der Waals surface area (Å²) in [5, 5.41) is 12.1. The van der Waals surface area contributed by atoms with Crippen LogP contribution in [0.2, 0.25) is 0 Å². The molecular weight excluding hydrogens is 348 g/mol. The Morgan fingerprint density at radius 2 is 1.89 bits per heavy atom. The van der Waals surface area contributed by atoms with Gasteiger partial charge in [-0.25, -0.2) is 0 Å². The first-order chi connectivity index (χ1) is 13.7. The molecule has 0 saturated carbocycles. The number of rotatable bonds is 10. The number of aromatic nitrogens is 2. The minimum atomic E-state index is 0.311. The highest BCUT2D eigenvalue weighted by atomic mass is 16.5. The summed E-state index contributed by atoms with van der Waals surface area (Å²) in [6.45, 7) is 5.07. The molecule has 5 heteroatoms. The summed E-state index contributed by atoms with van der Waals surface area (Å²) >= 11 is 0. The molecule has 0 amide bonds. The van der Waals surface area contributed by atoms with Gasteiger partial charge in [-0.2, -0.15) is 4.98 Å². The maximum atomic E-state index is 7.90. The molecule has 1 aliphatic heterocycles. The van der Waals surface area contributed by atoms with Crippen LogP contribution in [0.4, 0.5) is 0 Å². The summed E-state index contributed by atoms with van der Waals surface area (Å²) < 4.78 is 5.49. The highest BCUT2D eigenvalue weighted by Crippen LogP contribution is 2.23. The molecule has 0 spiro atoms. The van der Waals surface area contributed by atoms with Crippen molar-refractivity contribution in [2.24, 2.45) is 0 Å². The molecule has 152 valence electrons. The monoisotopic (exact) mass is 382 g/mol. The summed E-state index contributed by atoms with van der Waals surface area (Å²) in [6.07, 6.45) is 12.1. The Morgan fingerprint density at radius 3 is 2.64 bits per heavy atom. The lowest BCUT2D eigenvalue weighted by Crippen LogP contribution is -2.34. The maximum absolute atomic E-state index is 7.90. The van der Waals surface area contributed by atoms with Gasteiger partial charge < -0.3 is 9.42 Å². The van der Waals surface area contributed by atoms with E-state index in [0.29, 0.717) is 23.6 Å².